The van der Waals surface area contributed by atoms with Gasteiger partial charge in [0.05, 0.1) is 5.92 Å². The molecule has 0 aliphatic rings. The van der Waals surface area contributed by atoms with Crippen molar-refractivity contribution in [1.82, 2.24) is 0 Å². The second-order valence-electron chi connectivity index (χ2n) is 3.60. The van der Waals surface area contributed by atoms with E-state index in [1.807, 2.05) is 38.1 Å². The van der Waals surface area contributed by atoms with Crippen molar-refractivity contribution in [1.29, 1.82) is 0 Å². The van der Waals surface area contributed by atoms with Crippen LogP contribution in [0.2, 0.25) is 0 Å². The molecule has 2 radical (unpaired) electrons. The third kappa shape index (κ3) is 3.66. The zero-order valence-corrected chi connectivity index (χ0v) is 8.99. The average molecular weight is 203 g/mol. The fourth-order valence-electron chi connectivity index (χ4n) is 1.02. The van der Waals surface area contributed by atoms with Crippen LogP contribution in [-0.2, 0) is 16.1 Å². The van der Waals surface area contributed by atoms with E-state index in [2.05, 4.69) is 5.23 Å². The fourth-order valence-corrected chi connectivity index (χ4v) is 1.02. The zero-order valence-electron chi connectivity index (χ0n) is 8.99. The molecular formula is C11H14BNO2. The highest BCUT2D eigenvalue weighted by atomic mass is 16.5. The molecule has 0 bridgehead atoms. The molecule has 0 atom stereocenters. The van der Waals surface area contributed by atoms with Crippen molar-refractivity contribution in [3.63, 3.8) is 0 Å². The van der Waals surface area contributed by atoms with Crippen LogP contribution in [0.15, 0.2) is 24.3 Å². The minimum atomic E-state index is -0.184. The Labute approximate surface area is 91.3 Å². The van der Waals surface area contributed by atoms with Gasteiger partial charge in [0, 0.05) is 5.69 Å². The first-order valence-corrected chi connectivity index (χ1v) is 4.85. The number of carbonyl (C=O) groups is 1. The van der Waals surface area contributed by atoms with Gasteiger partial charge in [-0.05, 0) is 17.7 Å². The Morgan fingerprint density at radius 1 is 1.40 bits per heavy atom. The standard InChI is InChI=1S/C11H14BNO2/c1-8(2)11(14)15-7-9-3-5-10(13-12)6-4-9/h3-6,8,13H,7H2,1-2H3. The van der Waals surface area contributed by atoms with E-state index in [-0.39, 0.29) is 11.9 Å². The van der Waals surface area contributed by atoms with Gasteiger partial charge in [-0.15, -0.1) is 0 Å². The van der Waals surface area contributed by atoms with Crippen molar-refractivity contribution >= 4 is 19.6 Å². The van der Waals surface area contributed by atoms with E-state index < -0.39 is 0 Å². The van der Waals surface area contributed by atoms with Crippen LogP contribution in [0.5, 0.6) is 0 Å². The summed E-state index contributed by atoms with van der Waals surface area (Å²) in [6, 6.07) is 7.39. The van der Waals surface area contributed by atoms with Crippen LogP contribution in [0.4, 0.5) is 5.69 Å². The van der Waals surface area contributed by atoms with Crippen molar-refractivity contribution in [3.05, 3.63) is 29.8 Å². The summed E-state index contributed by atoms with van der Waals surface area (Å²) in [4.78, 5) is 11.2. The number of hydrogen-bond donors (Lipinski definition) is 1. The number of nitrogens with one attached hydrogen (secondary N) is 1. The molecule has 0 spiro atoms. The molecule has 0 aromatic heterocycles. The van der Waals surface area contributed by atoms with Gasteiger partial charge in [-0.1, -0.05) is 26.0 Å². The lowest BCUT2D eigenvalue weighted by Gasteiger charge is -2.07. The van der Waals surface area contributed by atoms with Crippen molar-refractivity contribution < 1.29 is 9.53 Å². The van der Waals surface area contributed by atoms with Gasteiger partial charge in [-0.2, -0.15) is 0 Å². The maximum absolute atomic E-state index is 11.2. The van der Waals surface area contributed by atoms with Crippen LogP contribution in [0.3, 0.4) is 0 Å². The SMILES string of the molecule is [B]Nc1ccc(COC(=O)C(C)C)cc1. The number of carbonyl (C=O) groups excluding carboxylic acids is 1. The fraction of sp³-hybridized carbons (Fsp3) is 0.364. The molecule has 0 amide bonds. The van der Waals surface area contributed by atoms with Gasteiger partial charge in [-0.25, -0.2) is 0 Å². The van der Waals surface area contributed by atoms with Crippen LogP contribution in [0.1, 0.15) is 19.4 Å². The monoisotopic (exact) mass is 203 g/mol. The summed E-state index contributed by atoms with van der Waals surface area (Å²) < 4.78 is 5.07. The summed E-state index contributed by atoms with van der Waals surface area (Å²) in [5, 5.41) is 2.53. The molecule has 0 fully saturated rings. The molecule has 15 heavy (non-hydrogen) atoms. The largest absolute Gasteiger partial charge is 0.461 e. The molecule has 1 aromatic carbocycles. The summed E-state index contributed by atoms with van der Waals surface area (Å²) >= 11 is 0. The zero-order chi connectivity index (χ0) is 11.3. The highest BCUT2D eigenvalue weighted by Gasteiger charge is 2.07. The van der Waals surface area contributed by atoms with Crippen molar-refractivity contribution in [3.8, 4) is 0 Å². The quantitative estimate of drug-likeness (QED) is 0.599. The molecule has 0 unspecified atom stereocenters. The van der Waals surface area contributed by atoms with E-state index >= 15 is 0 Å². The number of benzene rings is 1. The normalized spacial score (nSPS) is 10.1. The summed E-state index contributed by atoms with van der Waals surface area (Å²) in [5.74, 6) is -0.272. The van der Waals surface area contributed by atoms with Gasteiger partial charge in [0.15, 0.2) is 0 Å². The Kier molecular flexibility index (Phi) is 4.22. The lowest BCUT2D eigenvalue weighted by atomic mass is 10.2. The lowest BCUT2D eigenvalue weighted by Crippen LogP contribution is -2.11. The molecule has 1 rings (SSSR count). The molecule has 3 nitrogen and oxygen atoms in total. The van der Waals surface area contributed by atoms with Crippen LogP contribution in [0.25, 0.3) is 0 Å². The third-order valence-electron chi connectivity index (χ3n) is 1.97. The maximum atomic E-state index is 11.2. The van der Waals surface area contributed by atoms with Crippen LogP contribution in [-0.4, -0.2) is 14.0 Å². The van der Waals surface area contributed by atoms with Gasteiger partial charge in [-0.3, -0.25) is 4.79 Å². The predicted molar refractivity (Wildman–Crippen MR) is 60.5 cm³/mol. The van der Waals surface area contributed by atoms with Crippen molar-refractivity contribution in [2.45, 2.75) is 20.5 Å². The Morgan fingerprint density at radius 3 is 2.47 bits per heavy atom. The first kappa shape index (κ1) is 11.6. The van der Waals surface area contributed by atoms with Gasteiger partial charge >= 0.3 is 5.97 Å². The molecule has 4 heteroatoms. The van der Waals surface area contributed by atoms with E-state index in [4.69, 9.17) is 12.7 Å². The average Bonchev–Trinajstić information content (AvgIpc) is 2.26. The molecular weight excluding hydrogens is 189 g/mol. The summed E-state index contributed by atoms with van der Waals surface area (Å²) in [6.45, 7) is 3.93. The van der Waals surface area contributed by atoms with Crippen molar-refractivity contribution in [2.75, 3.05) is 5.23 Å². The first-order valence-electron chi connectivity index (χ1n) is 4.85. The maximum Gasteiger partial charge on any atom is 0.308 e. The van der Waals surface area contributed by atoms with E-state index in [1.54, 1.807) is 0 Å². The molecule has 0 saturated carbocycles. The molecule has 0 aliphatic carbocycles. The summed E-state index contributed by atoms with van der Waals surface area (Å²) in [7, 11) is 5.23. The smallest absolute Gasteiger partial charge is 0.308 e. The van der Waals surface area contributed by atoms with Crippen LogP contribution >= 0.6 is 0 Å². The number of hydrogen-bond acceptors (Lipinski definition) is 3. The second-order valence-corrected chi connectivity index (χ2v) is 3.60. The van der Waals surface area contributed by atoms with Crippen LogP contribution in [0, 0.1) is 5.92 Å². The van der Waals surface area contributed by atoms with Gasteiger partial charge < -0.3 is 9.96 Å². The Balaban J connectivity index is 2.47. The van der Waals surface area contributed by atoms with Crippen molar-refractivity contribution in [2.24, 2.45) is 5.92 Å². The Hall–Kier alpha value is -1.45. The van der Waals surface area contributed by atoms with E-state index in [0.717, 1.165) is 11.3 Å². The lowest BCUT2D eigenvalue weighted by molar-refractivity contribution is -0.148. The Morgan fingerprint density at radius 2 is 2.00 bits per heavy atom. The minimum Gasteiger partial charge on any atom is -0.461 e. The van der Waals surface area contributed by atoms with Gasteiger partial charge in [0.1, 0.15) is 6.61 Å². The highest BCUT2D eigenvalue weighted by molar-refractivity contribution is 6.15. The number of esters is 1. The second kappa shape index (κ2) is 5.44. The Bertz CT molecular complexity index is 322. The molecule has 1 N–H and O–H groups in total. The molecule has 0 heterocycles. The van der Waals surface area contributed by atoms with Gasteiger partial charge in [0.2, 0.25) is 7.98 Å². The third-order valence-corrected chi connectivity index (χ3v) is 1.97. The highest BCUT2D eigenvalue weighted by Crippen LogP contribution is 2.10. The van der Waals surface area contributed by atoms with E-state index in [0.29, 0.717) is 6.61 Å². The van der Waals surface area contributed by atoms with E-state index in [9.17, 15) is 4.79 Å². The van der Waals surface area contributed by atoms with Gasteiger partial charge in [0.25, 0.3) is 0 Å². The minimum absolute atomic E-state index is 0.0880. The summed E-state index contributed by atoms with van der Waals surface area (Å²) in [5.41, 5.74) is 1.77. The molecule has 0 saturated heterocycles. The first-order chi connectivity index (χ1) is 7.13. The number of anilines is 1. The topological polar surface area (TPSA) is 38.3 Å². The number of rotatable bonds is 4. The predicted octanol–water partition coefficient (Wildman–Crippen LogP) is 1.88. The molecule has 0 aliphatic heterocycles. The van der Waals surface area contributed by atoms with Crippen LogP contribution < -0.4 is 5.23 Å². The molecule has 78 valence electrons. The summed E-state index contributed by atoms with van der Waals surface area (Å²) in [6.07, 6.45) is 0. The van der Waals surface area contributed by atoms with E-state index in [1.165, 1.54) is 0 Å². The number of ether oxygens (including phenoxy) is 1. The molecule has 1 aromatic rings.